The van der Waals surface area contributed by atoms with Crippen molar-refractivity contribution in [3.05, 3.63) is 111 Å². The number of carbonyl (C=O) groups excluding carboxylic acids is 5. The molecule has 2 heterocycles. The number of carbonyl (C=O) groups is 5. The Balaban J connectivity index is 1.29. The lowest BCUT2D eigenvalue weighted by atomic mass is 9.92. The minimum atomic E-state index is -1.26. The number of epoxide rings is 1. The summed E-state index contributed by atoms with van der Waals surface area (Å²) in [5, 5.41) is 16.7. The Labute approximate surface area is 358 Å². The van der Waals surface area contributed by atoms with Crippen LogP contribution in [0.1, 0.15) is 70.3 Å². The van der Waals surface area contributed by atoms with Gasteiger partial charge in [0.1, 0.15) is 36.4 Å². The number of rotatable bonds is 12. The third-order valence-corrected chi connectivity index (χ3v) is 10.5. The molecular formula is C44H50ClN3O13. The van der Waals surface area contributed by atoms with Crippen LogP contribution in [0.2, 0.25) is 5.02 Å². The van der Waals surface area contributed by atoms with Crippen LogP contribution in [0.25, 0.3) is 0 Å². The van der Waals surface area contributed by atoms with Crippen LogP contribution >= 0.6 is 11.6 Å². The molecule has 5 rings (SSSR count). The van der Waals surface area contributed by atoms with Gasteiger partial charge in [-0.15, -0.1) is 0 Å². The highest BCUT2D eigenvalue weighted by Gasteiger charge is 2.48. The predicted molar refractivity (Wildman–Crippen MR) is 221 cm³/mol. The van der Waals surface area contributed by atoms with Gasteiger partial charge in [0.25, 0.3) is 5.69 Å². The standard InChI is InChI=1S/C44H50ClN3O13/c1-25(2)20-36-41(51)59-34(26(3)38-39(61-38)29-13-10-27(11-14-29)23-57-43(53)58-31-17-15-30(16-18-31)48(54)55)8-7-9-37(49)47-33(22-28-12-19-35(56-6)32(45)21-28)40(50)46-24-44(4,5)42(52)60-36/h7,9-19,21,25-26,33-34,36,38-39H,8,20,22-24H2,1-6H3,(H,46,50)(H,47,49)/b9-7-/t26-,33+,34-,36-,38-,39-/m0/s1. The van der Waals surface area contributed by atoms with Gasteiger partial charge in [-0.3, -0.25) is 24.5 Å². The lowest BCUT2D eigenvalue weighted by molar-refractivity contribution is -0.384. The molecule has 0 spiro atoms. The molecule has 0 bridgehead atoms. The number of non-ortho nitro benzene ring substituents is 1. The first-order chi connectivity index (χ1) is 28.9. The van der Waals surface area contributed by atoms with Crippen LogP contribution in [0.5, 0.6) is 11.5 Å². The van der Waals surface area contributed by atoms with Crippen LogP contribution in [0.4, 0.5) is 10.5 Å². The average Bonchev–Trinajstić information content (AvgIpc) is 4.02. The van der Waals surface area contributed by atoms with Gasteiger partial charge in [-0.05, 0) is 73.2 Å². The first kappa shape index (κ1) is 46.1. The number of amides is 2. The lowest BCUT2D eigenvalue weighted by Gasteiger charge is -2.29. The Hall–Kier alpha value is -6.00. The third kappa shape index (κ3) is 13.0. The van der Waals surface area contributed by atoms with Gasteiger partial charge in [-0.1, -0.05) is 68.8 Å². The zero-order valence-corrected chi connectivity index (χ0v) is 35.5. The fourth-order valence-corrected chi connectivity index (χ4v) is 6.81. The molecule has 0 radical (unpaired) electrons. The van der Waals surface area contributed by atoms with Gasteiger partial charge in [0.05, 0.1) is 28.6 Å². The molecule has 3 aromatic carbocycles. The van der Waals surface area contributed by atoms with Crippen molar-refractivity contribution in [1.29, 1.82) is 0 Å². The number of methoxy groups -OCH3 is 1. The van der Waals surface area contributed by atoms with Crippen molar-refractivity contribution in [3.8, 4) is 11.5 Å². The van der Waals surface area contributed by atoms with Gasteiger partial charge in [0.2, 0.25) is 11.8 Å². The molecule has 326 valence electrons. The summed E-state index contributed by atoms with van der Waals surface area (Å²) in [6, 6.07) is 16.2. The lowest BCUT2D eigenvalue weighted by Crippen LogP contribution is -2.51. The number of hydrogen-bond acceptors (Lipinski definition) is 13. The Kier molecular flexibility index (Phi) is 15.5. The largest absolute Gasteiger partial charge is 0.514 e. The molecule has 0 aliphatic carbocycles. The predicted octanol–water partition coefficient (Wildman–Crippen LogP) is 6.75. The second kappa shape index (κ2) is 20.5. The molecule has 1 fully saturated rings. The summed E-state index contributed by atoms with van der Waals surface area (Å²) in [4.78, 5) is 76.7. The fraction of sp³-hybridized carbons (Fsp3) is 0.432. The smallest absolute Gasteiger partial charge is 0.495 e. The van der Waals surface area contributed by atoms with Gasteiger partial charge >= 0.3 is 18.1 Å². The molecule has 17 heteroatoms. The number of nitro groups is 1. The van der Waals surface area contributed by atoms with E-state index in [0.29, 0.717) is 21.9 Å². The van der Waals surface area contributed by atoms with Crippen molar-refractivity contribution in [2.75, 3.05) is 13.7 Å². The van der Waals surface area contributed by atoms with Crippen molar-refractivity contribution in [2.24, 2.45) is 17.3 Å². The van der Waals surface area contributed by atoms with Crippen LogP contribution in [0.15, 0.2) is 78.9 Å². The van der Waals surface area contributed by atoms with Gasteiger partial charge in [-0.2, -0.15) is 0 Å². The summed E-state index contributed by atoms with van der Waals surface area (Å²) in [6.07, 6.45) is -0.574. The van der Waals surface area contributed by atoms with E-state index in [4.69, 9.17) is 40.0 Å². The Bertz CT molecular complexity index is 2110. The van der Waals surface area contributed by atoms with Crippen molar-refractivity contribution in [3.63, 3.8) is 0 Å². The minimum Gasteiger partial charge on any atom is -0.495 e. The highest BCUT2D eigenvalue weighted by atomic mass is 35.5. The third-order valence-electron chi connectivity index (χ3n) is 10.2. The van der Waals surface area contributed by atoms with E-state index in [2.05, 4.69) is 10.6 Å². The second-order valence-corrected chi connectivity index (χ2v) is 16.4. The summed E-state index contributed by atoms with van der Waals surface area (Å²) in [7, 11) is 1.49. The second-order valence-electron chi connectivity index (χ2n) is 16.0. The van der Waals surface area contributed by atoms with Crippen LogP contribution in [0.3, 0.4) is 0 Å². The molecule has 0 saturated carbocycles. The number of nitro benzene ring substituents is 1. The fourth-order valence-electron chi connectivity index (χ4n) is 6.53. The molecule has 1 saturated heterocycles. The highest BCUT2D eigenvalue weighted by molar-refractivity contribution is 6.32. The maximum absolute atomic E-state index is 13.8. The van der Waals surface area contributed by atoms with E-state index < -0.39 is 64.4 Å². The van der Waals surface area contributed by atoms with Crippen molar-refractivity contribution < 1.29 is 57.3 Å². The average molecular weight is 864 g/mol. The minimum absolute atomic E-state index is 0.0457. The van der Waals surface area contributed by atoms with Gasteiger partial charge in [-0.25, -0.2) is 9.59 Å². The van der Waals surface area contributed by atoms with E-state index in [1.54, 1.807) is 50.3 Å². The normalized spacial score (nSPS) is 23.0. The number of halogens is 1. The zero-order valence-electron chi connectivity index (χ0n) is 34.7. The first-order valence-electron chi connectivity index (χ1n) is 19.8. The quantitative estimate of drug-likeness (QED) is 0.0483. The summed E-state index contributed by atoms with van der Waals surface area (Å²) in [5.74, 6) is -2.46. The number of ether oxygens (including phenoxy) is 6. The molecule has 0 aromatic heterocycles. The number of hydrogen-bond donors (Lipinski definition) is 2. The van der Waals surface area contributed by atoms with Gasteiger partial charge in [0.15, 0.2) is 6.10 Å². The van der Waals surface area contributed by atoms with Gasteiger partial charge < -0.3 is 39.1 Å². The van der Waals surface area contributed by atoms with E-state index in [0.717, 1.165) is 5.56 Å². The Morgan fingerprint density at radius 1 is 0.984 bits per heavy atom. The number of nitrogens with zero attached hydrogens (tertiary/aromatic N) is 1. The topological polar surface area (TPSA) is 211 Å². The summed E-state index contributed by atoms with van der Waals surface area (Å²) in [6.45, 7) is 8.56. The highest BCUT2D eigenvalue weighted by Crippen LogP contribution is 2.45. The maximum Gasteiger partial charge on any atom is 0.514 e. The molecule has 61 heavy (non-hydrogen) atoms. The molecule has 2 N–H and O–H groups in total. The number of nitrogens with one attached hydrogen (secondary N) is 2. The first-order valence-corrected chi connectivity index (χ1v) is 20.1. The Morgan fingerprint density at radius 3 is 2.31 bits per heavy atom. The number of benzene rings is 3. The van der Waals surface area contributed by atoms with Crippen LogP contribution in [-0.2, 0) is 51.2 Å². The van der Waals surface area contributed by atoms with Crippen LogP contribution in [-0.4, -0.2) is 72.8 Å². The monoisotopic (exact) mass is 863 g/mol. The molecule has 3 aromatic rings. The molecule has 16 nitrogen and oxygen atoms in total. The number of esters is 2. The van der Waals surface area contributed by atoms with Crippen molar-refractivity contribution >= 4 is 47.2 Å². The van der Waals surface area contributed by atoms with E-state index in [1.165, 1.54) is 37.5 Å². The summed E-state index contributed by atoms with van der Waals surface area (Å²) < 4.78 is 33.5. The molecule has 2 amide bonds. The van der Waals surface area contributed by atoms with Crippen LogP contribution < -0.4 is 20.1 Å². The van der Waals surface area contributed by atoms with Crippen LogP contribution in [0, 0.1) is 27.4 Å². The number of cyclic esters (lactones) is 2. The van der Waals surface area contributed by atoms with Crippen molar-refractivity contribution in [1.82, 2.24) is 10.6 Å². The van der Waals surface area contributed by atoms with Crippen molar-refractivity contribution in [2.45, 2.75) is 90.9 Å². The molecular weight excluding hydrogens is 814 g/mol. The summed E-state index contributed by atoms with van der Waals surface area (Å²) in [5.41, 5.74) is 0.728. The molecule has 6 atom stereocenters. The SMILES string of the molecule is COc1ccc(C[C@H]2NC(=O)/C=C\C[C@@H]([C@H](C)[C@@H]3O[C@H]3c3ccc(COC(=O)Oc4ccc([N+](=O)[O-])cc4)cc3)OC(=O)[C@H](CC(C)C)OC(=O)C(C)(C)CNC2=O)cc1Cl. The zero-order chi connectivity index (χ0) is 44.4. The molecule has 2 aliphatic heterocycles. The van der Waals surface area contributed by atoms with Gasteiger partial charge in [0, 0.05) is 37.4 Å². The van der Waals surface area contributed by atoms with E-state index in [-0.39, 0.29) is 62.0 Å². The summed E-state index contributed by atoms with van der Waals surface area (Å²) >= 11 is 6.34. The van der Waals surface area contributed by atoms with E-state index in [9.17, 15) is 34.1 Å². The van der Waals surface area contributed by atoms with E-state index >= 15 is 0 Å². The Morgan fingerprint density at radius 2 is 1.67 bits per heavy atom. The van der Waals surface area contributed by atoms with E-state index in [1.807, 2.05) is 32.9 Å². The molecule has 0 unspecified atom stereocenters. The maximum atomic E-state index is 13.8. The molecule has 2 aliphatic rings.